The SMILES string of the molecule is C=C=C(CC(CC)N1CCCC1=O)C[Si](C)(C)C. The van der Waals surface area contributed by atoms with Gasteiger partial charge in [0.2, 0.25) is 5.91 Å². The van der Waals surface area contributed by atoms with Crippen LogP contribution in [0, 0.1) is 0 Å². The van der Waals surface area contributed by atoms with Crippen molar-refractivity contribution in [3.05, 3.63) is 17.9 Å². The molecule has 0 aliphatic carbocycles. The summed E-state index contributed by atoms with van der Waals surface area (Å²) in [5.41, 5.74) is 4.45. The minimum absolute atomic E-state index is 0.332. The molecule has 1 amide bonds. The highest BCUT2D eigenvalue weighted by molar-refractivity contribution is 6.76. The molecule has 1 heterocycles. The summed E-state index contributed by atoms with van der Waals surface area (Å²) in [6.45, 7) is 14.0. The molecule has 18 heavy (non-hydrogen) atoms. The van der Waals surface area contributed by atoms with E-state index in [1.54, 1.807) is 0 Å². The Balaban J connectivity index is 2.67. The molecule has 0 aromatic carbocycles. The molecule has 1 aliphatic rings. The zero-order valence-electron chi connectivity index (χ0n) is 12.4. The third kappa shape index (κ3) is 4.47. The molecule has 0 aromatic heterocycles. The molecule has 0 bridgehead atoms. The van der Waals surface area contributed by atoms with Crippen LogP contribution < -0.4 is 0 Å². The highest BCUT2D eigenvalue weighted by Crippen LogP contribution is 2.25. The van der Waals surface area contributed by atoms with Crippen LogP contribution in [-0.4, -0.2) is 31.5 Å². The van der Waals surface area contributed by atoms with Crippen molar-refractivity contribution in [2.45, 2.75) is 64.3 Å². The van der Waals surface area contributed by atoms with Crippen LogP contribution in [0.3, 0.4) is 0 Å². The maximum absolute atomic E-state index is 11.8. The van der Waals surface area contributed by atoms with Crippen molar-refractivity contribution >= 4 is 14.0 Å². The Bertz CT molecular complexity index is 350. The van der Waals surface area contributed by atoms with Crippen molar-refractivity contribution in [3.63, 3.8) is 0 Å². The van der Waals surface area contributed by atoms with Crippen LogP contribution in [0.1, 0.15) is 32.6 Å². The average molecular weight is 265 g/mol. The third-order valence-corrected chi connectivity index (χ3v) is 4.99. The quantitative estimate of drug-likeness (QED) is 0.528. The first-order valence-electron chi connectivity index (χ1n) is 7.04. The molecule has 0 spiro atoms. The Kier molecular flexibility index (Phi) is 5.42. The van der Waals surface area contributed by atoms with Gasteiger partial charge in [0.1, 0.15) is 0 Å². The maximum Gasteiger partial charge on any atom is 0.222 e. The highest BCUT2D eigenvalue weighted by Gasteiger charge is 2.28. The molecule has 2 nitrogen and oxygen atoms in total. The van der Waals surface area contributed by atoms with Gasteiger partial charge in [-0.25, -0.2) is 0 Å². The summed E-state index contributed by atoms with van der Waals surface area (Å²) in [6, 6.07) is 1.51. The molecule has 1 rings (SSSR count). The van der Waals surface area contributed by atoms with Crippen molar-refractivity contribution in [2.24, 2.45) is 0 Å². The second kappa shape index (κ2) is 6.40. The fraction of sp³-hybridized carbons (Fsp3) is 0.733. The summed E-state index contributed by atoms with van der Waals surface area (Å²) in [5.74, 6) is 0.332. The lowest BCUT2D eigenvalue weighted by atomic mass is 10.0. The number of carbonyl (C=O) groups is 1. The van der Waals surface area contributed by atoms with Gasteiger partial charge < -0.3 is 4.90 Å². The summed E-state index contributed by atoms with van der Waals surface area (Å²) in [6.07, 6.45) is 3.76. The number of carbonyl (C=O) groups excluding carboxylic acids is 1. The van der Waals surface area contributed by atoms with Gasteiger partial charge in [-0.05, 0) is 30.9 Å². The zero-order valence-corrected chi connectivity index (χ0v) is 13.4. The fourth-order valence-electron chi connectivity index (χ4n) is 2.66. The second-order valence-corrected chi connectivity index (χ2v) is 11.9. The molecule has 1 saturated heterocycles. The normalized spacial score (nSPS) is 17.8. The van der Waals surface area contributed by atoms with Gasteiger partial charge in [-0.2, -0.15) is 0 Å². The molecule has 1 unspecified atom stereocenters. The van der Waals surface area contributed by atoms with Gasteiger partial charge in [0.15, 0.2) is 0 Å². The van der Waals surface area contributed by atoms with Crippen LogP contribution in [0.5, 0.6) is 0 Å². The molecule has 0 radical (unpaired) electrons. The van der Waals surface area contributed by atoms with Crippen molar-refractivity contribution < 1.29 is 4.79 Å². The third-order valence-electron chi connectivity index (χ3n) is 3.50. The fourth-order valence-corrected chi connectivity index (χ4v) is 4.21. The van der Waals surface area contributed by atoms with Crippen molar-refractivity contribution in [2.75, 3.05) is 6.54 Å². The van der Waals surface area contributed by atoms with E-state index in [1.165, 1.54) is 5.57 Å². The van der Waals surface area contributed by atoms with Crippen LogP contribution in [0.4, 0.5) is 0 Å². The van der Waals surface area contributed by atoms with Crippen LogP contribution >= 0.6 is 0 Å². The number of hydrogen-bond donors (Lipinski definition) is 0. The van der Waals surface area contributed by atoms with Gasteiger partial charge in [-0.1, -0.05) is 33.1 Å². The molecular weight excluding hydrogens is 238 g/mol. The Morgan fingerprint density at radius 3 is 2.56 bits per heavy atom. The Morgan fingerprint density at radius 1 is 1.50 bits per heavy atom. The second-order valence-electron chi connectivity index (χ2n) is 6.47. The first kappa shape index (κ1) is 15.3. The van der Waals surface area contributed by atoms with Crippen LogP contribution in [-0.2, 0) is 4.79 Å². The Morgan fingerprint density at radius 2 is 2.17 bits per heavy atom. The molecule has 0 N–H and O–H groups in total. The molecular formula is C15H27NOSi. The monoisotopic (exact) mass is 265 g/mol. The summed E-state index contributed by atoms with van der Waals surface area (Å²) in [7, 11) is -1.12. The number of likely N-dealkylation sites (tertiary alicyclic amines) is 1. The smallest absolute Gasteiger partial charge is 0.222 e. The first-order chi connectivity index (χ1) is 8.37. The lowest BCUT2D eigenvalue weighted by Gasteiger charge is -2.28. The predicted molar refractivity (Wildman–Crippen MR) is 80.4 cm³/mol. The lowest BCUT2D eigenvalue weighted by molar-refractivity contribution is -0.129. The number of rotatable bonds is 6. The van der Waals surface area contributed by atoms with Gasteiger partial charge in [0.05, 0.1) is 0 Å². The van der Waals surface area contributed by atoms with E-state index < -0.39 is 8.07 Å². The first-order valence-corrected chi connectivity index (χ1v) is 10.8. The molecule has 1 atom stereocenters. The molecule has 1 fully saturated rings. The van der Waals surface area contributed by atoms with E-state index in [9.17, 15) is 4.79 Å². The number of hydrogen-bond acceptors (Lipinski definition) is 1. The van der Waals surface area contributed by atoms with E-state index in [2.05, 4.69) is 43.8 Å². The minimum Gasteiger partial charge on any atom is -0.339 e. The van der Waals surface area contributed by atoms with Crippen LogP contribution in [0.2, 0.25) is 25.7 Å². The van der Waals surface area contributed by atoms with E-state index in [0.717, 1.165) is 38.3 Å². The summed E-state index contributed by atoms with van der Waals surface area (Å²) >= 11 is 0. The van der Waals surface area contributed by atoms with Crippen LogP contribution in [0.25, 0.3) is 0 Å². The highest BCUT2D eigenvalue weighted by atomic mass is 28.3. The molecule has 1 aliphatic heterocycles. The van der Waals surface area contributed by atoms with Gasteiger partial charge in [0.25, 0.3) is 0 Å². The van der Waals surface area contributed by atoms with E-state index in [-0.39, 0.29) is 0 Å². The summed E-state index contributed by atoms with van der Waals surface area (Å²) in [5, 5.41) is 0. The largest absolute Gasteiger partial charge is 0.339 e. The summed E-state index contributed by atoms with van der Waals surface area (Å²) in [4.78, 5) is 13.9. The van der Waals surface area contributed by atoms with E-state index in [4.69, 9.17) is 0 Å². The van der Waals surface area contributed by atoms with Crippen molar-refractivity contribution in [1.29, 1.82) is 0 Å². The van der Waals surface area contributed by atoms with Gasteiger partial charge >= 0.3 is 0 Å². The lowest BCUT2D eigenvalue weighted by Crippen LogP contribution is -2.36. The maximum atomic E-state index is 11.8. The number of nitrogens with zero attached hydrogens (tertiary/aromatic N) is 1. The summed E-state index contributed by atoms with van der Waals surface area (Å²) < 4.78 is 0. The topological polar surface area (TPSA) is 20.3 Å². The number of amides is 1. The molecule has 3 heteroatoms. The zero-order chi connectivity index (χ0) is 13.8. The molecule has 102 valence electrons. The van der Waals surface area contributed by atoms with E-state index in [1.807, 2.05) is 0 Å². The average Bonchev–Trinajstić information content (AvgIpc) is 2.69. The van der Waals surface area contributed by atoms with Crippen molar-refractivity contribution in [1.82, 2.24) is 4.90 Å². The molecule has 0 saturated carbocycles. The standard InChI is InChI=1S/C15H27NOSi/c1-6-13(12-18(3,4)5)11-14(7-2)16-10-8-9-15(16)17/h14H,1,7-12H2,2-5H3. The molecule has 0 aromatic rings. The van der Waals surface area contributed by atoms with Crippen LogP contribution in [0.15, 0.2) is 17.9 Å². The minimum atomic E-state index is -1.12. The van der Waals surface area contributed by atoms with Gasteiger partial charge in [-0.3, -0.25) is 4.79 Å². The Hall–Kier alpha value is -0.793. The van der Waals surface area contributed by atoms with Gasteiger partial charge in [0, 0.05) is 27.1 Å². The van der Waals surface area contributed by atoms with E-state index in [0.29, 0.717) is 11.9 Å². The predicted octanol–water partition coefficient (Wildman–Crippen LogP) is 3.83. The van der Waals surface area contributed by atoms with E-state index >= 15 is 0 Å². The Labute approximate surface area is 113 Å². The van der Waals surface area contributed by atoms with Gasteiger partial charge in [-0.15, -0.1) is 5.73 Å². The van der Waals surface area contributed by atoms with Crippen molar-refractivity contribution in [3.8, 4) is 0 Å².